The maximum Gasteiger partial charge on any atom is 0.224 e. The Labute approximate surface area is 193 Å². The summed E-state index contributed by atoms with van der Waals surface area (Å²) in [6.07, 6.45) is 7.27. The number of nitriles is 1. The highest BCUT2D eigenvalue weighted by atomic mass is 16.3. The number of carbonyl (C=O) groups excluding carboxylic acids is 3. The SMILES string of the molecule is N#C[C@H](C[C@@H]1CCNC1=O)NC(=O)[C@@H](CC(=O)c1cc2ccccc2o1)CC1CCCCC1. The first-order valence-corrected chi connectivity index (χ1v) is 12.0. The Morgan fingerprint density at radius 1 is 1.15 bits per heavy atom. The van der Waals surface area contributed by atoms with Crippen LogP contribution in [0, 0.1) is 29.1 Å². The van der Waals surface area contributed by atoms with E-state index in [-0.39, 0.29) is 35.7 Å². The van der Waals surface area contributed by atoms with E-state index in [0.29, 0.717) is 37.3 Å². The molecule has 1 aliphatic heterocycles. The van der Waals surface area contributed by atoms with Crippen LogP contribution in [0.2, 0.25) is 0 Å². The molecule has 0 radical (unpaired) electrons. The van der Waals surface area contributed by atoms with Crippen molar-refractivity contribution in [3.63, 3.8) is 0 Å². The van der Waals surface area contributed by atoms with Crippen molar-refractivity contribution in [3.8, 4) is 6.07 Å². The molecular formula is C26H31N3O4. The first-order valence-electron chi connectivity index (χ1n) is 12.0. The van der Waals surface area contributed by atoms with E-state index in [0.717, 1.165) is 31.1 Å². The Bertz CT molecular complexity index is 1010. The molecule has 2 fully saturated rings. The van der Waals surface area contributed by atoms with Crippen LogP contribution in [0.3, 0.4) is 0 Å². The van der Waals surface area contributed by atoms with E-state index < -0.39 is 12.0 Å². The summed E-state index contributed by atoms with van der Waals surface area (Å²) in [6, 6.07) is 10.5. The van der Waals surface area contributed by atoms with Gasteiger partial charge in [0.05, 0.1) is 6.07 Å². The van der Waals surface area contributed by atoms with Crippen molar-refractivity contribution in [2.75, 3.05) is 6.54 Å². The Morgan fingerprint density at radius 2 is 1.94 bits per heavy atom. The smallest absolute Gasteiger partial charge is 0.224 e. The number of hydrogen-bond acceptors (Lipinski definition) is 5. The van der Waals surface area contributed by atoms with Gasteiger partial charge in [-0.1, -0.05) is 50.3 Å². The number of ketones is 1. The molecule has 2 heterocycles. The molecule has 174 valence electrons. The van der Waals surface area contributed by atoms with Gasteiger partial charge in [0, 0.05) is 30.2 Å². The van der Waals surface area contributed by atoms with E-state index in [1.165, 1.54) is 6.42 Å². The molecule has 0 bridgehead atoms. The van der Waals surface area contributed by atoms with Gasteiger partial charge in [-0.3, -0.25) is 14.4 Å². The summed E-state index contributed by atoms with van der Waals surface area (Å²) in [5.74, 6) is -0.675. The highest BCUT2D eigenvalue weighted by Gasteiger charge is 2.32. The summed E-state index contributed by atoms with van der Waals surface area (Å²) in [5.41, 5.74) is 0.647. The van der Waals surface area contributed by atoms with Crippen LogP contribution in [0.4, 0.5) is 0 Å². The number of rotatable bonds is 9. The van der Waals surface area contributed by atoms with Crippen LogP contribution in [-0.4, -0.2) is 30.2 Å². The molecule has 1 saturated carbocycles. The second kappa shape index (κ2) is 10.7. The number of para-hydroxylation sites is 1. The third kappa shape index (κ3) is 5.81. The Kier molecular flexibility index (Phi) is 7.43. The van der Waals surface area contributed by atoms with Crippen molar-refractivity contribution in [2.45, 2.75) is 63.8 Å². The molecule has 1 aliphatic carbocycles. The lowest BCUT2D eigenvalue weighted by atomic mass is 9.80. The molecule has 4 rings (SSSR count). The average Bonchev–Trinajstić information content (AvgIpc) is 3.44. The van der Waals surface area contributed by atoms with E-state index in [1.807, 2.05) is 24.3 Å². The number of hydrogen-bond donors (Lipinski definition) is 2. The van der Waals surface area contributed by atoms with Gasteiger partial charge >= 0.3 is 0 Å². The Balaban J connectivity index is 1.45. The van der Waals surface area contributed by atoms with Crippen LogP contribution in [0.15, 0.2) is 34.7 Å². The molecule has 2 aromatic rings. The van der Waals surface area contributed by atoms with Crippen molar-refractivity contribution in [1.82, 2.24) is 10.6 Å². The first kappa shape index (κ1) is 23.0. The number of amides is 2. The molecule has 7 nitrogen and oxygen atoms in total. The summed E-state index contributed by atoms with van der Waals surface area (Å²) in [5, 5.41) is 16.0. The van der Waals surface area contributed by atoms with Crippen LogP contribution < -0.4 is 10.6 Å². The molecule has 3 atom stereocenters. The number of furan rings is 1. The molecule has 2 N–H and O–H groups in total. The van der Waals surface area contributed by atoms with Crippen LogP contribution in [0.1, 0.15) is 68.3 Å². The molecule has 33 heavy (non-hydrogen) atoms. The van der Waals surface area contributed by atoms with Crippen molar-refractivity contribution >= 4 is 28.6 Å². The van der Waals surface area contributed by atoms with Crippen molar-refractivity contribution in [2.24, 2.45) is 17.8 Å². The van der Waals surface area contributed by atoms with Crippen LogP contribution in [0.25, 0.3) is 11.0 Å². The molecule has 1 saturated heterocycles. The maximum atomic E-state index is 13.2. The van der Waals surface area contributed by atoms with Crippen molar-refractivity contribution < 1.29 is 18.8 Å². The normalized spacial score (nSPS) is 20.7. The molecule has 7 heteroatoms. The second-order valence-corrected chi connectivity index (χ2v) is 9.42. The maximum absolute atomic E-state index is 13.2. The third-order valence-electron chi connectivity index (χ3n) is 7.00. The van der Waals surface area contributed by atoms with Gasteiger partial charge in [-0.25, -0.2) is 0 Å². The van der Waals surface area contributed by atoms with Crippen molar-refractivity contribution in [1.29, 1.82) is 5.26 Å². The zero-order valence-electron chi connectivity index (χ0n) is 18.8. The standard InChI is InChI=1S/C26H31N3O4/c27-16-21(13-19-10-11-28-25(19)31)29-26(32)20(12-17-6-2-1-3-7-17)14-22(30)24-15-18-8-4-5-9-23(18)33-24/h4-5,8-9,15,17,19-21H,1-3,6-7,10-14H2,(H,28,31)(H,29,32)/t19-,20+,21-/m0/s1. The summed E-state index contributed by atoms with van der Waals surface area (Å²) in [4.78, 5) is 38.2. The average molecular weight is 450 g/mol. The van der Waals surface area contributed by atoms with E-state index in [9.17, 15) is 19.6 Å². The fourth-order valence-electron chi connectivity index (χ4n) is 5.14. The van der Waals surface area contributed by atoms with Crippen LogP contribution >= 0.6 is 0 Å². The van der Waals surface area contributed by atoms with Gasteiger partial charge in [0.1, 0.15) is 11.6 Å². The number of carbonyl (C=O) groups is 3. The van der Waals surface area contributed by atoms with Gasteiger partial charge in [0.2, 0.25) is 11.8 Å². The summed E-state index contributed by atoms with van der Waals surface area (Å²) in [7, 11) is 0. The predicted molar refractivity (Wildman–Crippen MR) is 123 cm³/mol. The minimum atomic E-state index is -0.749. The van der Waals surface area contributed by atoms with E-state index in [1.54, 1.807) is 6.07 Å². The number of Topliss-reactive ketones (excluding diaryl/α,β-unsaturated/α-hetero) is 1. The third-order valence-corrected chi connectivity index (χ3v) is 7.00. The highest BCUT2D eigenvalue weighted by molar-refractivity contribution is 5.99. The molecule has 0 spiro atoms. The second-order valence-electron chi connectivity index (χ2n) is 9.42. The van der Waals surface area contributed by atoms with Crippen LogP contribution in [-0.2, 0) is 9.59 Å². The number of fused-ring (bicyclic) bond motifs is 1. The molecular weight excluding hydrogens is 418 g/mol. The lowest BCUT2D eigenvalue weighted by molar-refractivity contribution is -0.127. The number of nitrogens with one attached hydrogen (secondary N) is 2. The largest absolute Gasteiger partial charge is 0.453 e. The molecule has 2 amide bonds. The zero-order valence-corrected chi connectivity index (χ0v) is 18.8. The minimum Gasteiger partial charge on any atom is -0.453 e. The zero-order chi connectivity index (χ0) is 23.2. The monoisotopic (exact) mass is 449 g/mol. The Morgan fingerprint density at radius 3 is 2.64 bits per heavy atom. The fraction of sp³-hybridized carbons (Fsp3) is 0.538. The quantitative estimate of drug-likeness (QED) is 0.559. The predicted octanol–water partition coefficient (Wildman–Crippen LogP) is 4.13. The summed E-state index contributed by atoms with van der Waals surface area (Å²) >= 11 is 0. The molecule has 1 aromatic carbocycles. The molecule has 1 aromatic heterocycles. The lowest BCUT2D eigenvalue weighted by Crippen LogP contribution is -2.41. The molecule has 0 unspecified atom stereocenters. The summed E-state index contributed by atoms with van der Waals surface area (Å²) in [6.45, 7) is 0.603. The first-order chi connectivity index (χ1) is 16.0. The van der Waals surface area contributed by atoms with Gasteiger partial charge < -0.3 is 15.1 Å². The summed E-state index contributed by atoms with van der Waals surface area (Å²) < 4.78 is 5.73. The van der Waals surface area contributed by atoms with Crippen LogP contribution in [0.5, 0.6) is 0 Å². The number of nitrogens with zero attached hydrogens (tertiary/aromatic N) is 1. The van der Waals surface area contributed by atoms with Gasteiger partial charge in [0.25, 0.3) is 0 Å². The van der Waals surface area contributed by atoms with E-state index in [2.05, 4.69) is 16.7 Å². The van der Waals surface area contributed by atoms with Gasteiger partial charge in [-0.2, -0.15) is 5.26 Å². The lowest BCUT2D eigenvalue weighted by Gasteiger charge is -2.26. The van der Waals surface area contributed by atoms with Gasteiger partial charge in [0.15, 0.2) is 11.5 Å². The fourth-order valence-corrected chi connectivity index (χ4v) is 5.14. The highest BCUT2D eigenvalue weighted by Crippen LogP contribution is 2.31. The Hall–Kier alpha value is -3.14. The van der Waals surface area contributed by atoms with Gasteiger partial charge in [-0.05, 0) is 37.3 Å². The van der Waals surface area contributed by atoms with Crippen molar-refractivity contribution in [3.05, 3.63) is 36.1 Å². The molecule has 2 aliphatic rings. The van der Waals surface area contributed by atoms with E-state index >= 15 is 0 Å². The van der Waals surface area contributed by atoms with E-state index in [4.69, 9.17) is 4.42 Å². The topological polar surface area (TPSA) is 112 Å². The minimum absolute atomic E-state index is 0.0459. The number of benzene rings is 1. The van der Waals surface area contributed by atoms with Gasteiger partial charge in [-0.15, -0.1) is 0 Å².